The van der Waals surface area contributed by atoms with Crippen LogP contribution in [-0.2, 0) is 16.6 Å². The monoisotopic (exact) mass is 269 g/mol. The van der Waals surface area contributed by atoms with E-state index in [2.05, 4.69) is 9.71 Å². The molecule has 2 aromatic heterocycles. The maximum absolute atomic E-state index is 11.9. The number of aromatic nitrogens is 1. The number of thiophene rings is 1. The van der Waals surface area contributed by atoms with E-state index in [0.29, 0.717) is 12.4 Å². The summed E-state index contributed by atoms with van der Waals surface area (Å²) in [5, 5.41) is 1.73. The number of anilines is 1. The second-order valence-corrected chi connectivity index (χ2v) is 6.12. The summed E-state index contributed by atoms with van der Waals surface area (Å²) in [5.74, 6) is 0.301. The highest BCUT2D eigenvalue weighted by molar-refractivity contribution is 7.94. The summed E-state index contributed by atoms with van der Waals surface area (Å²) < 4.78 is 26.5. The zero-order chi connectivity index (χ0) is 12.3. The molecule has 0 atom stereocenters. The van der Waals surface area contributed by atoms with Gasteiger partial charge >= 0.3 is 0 Å². The van der Waals surface area contributed by atoms with Gasteiger partial charge in [0.2, 0.25) is 0 Å². The molecule has 5 nitrogen and oxygen atoms in total. The van der Waals surface area contributed by atoms with Crippen molar-refractivity contribution in [3.63, 3.8) is 0 Å². The van der Waals surface area contributed by atoms with Crippen LogP contribution in [0.2, 0.25) is 0 Å². The molecular weight excluding hydrogens is 258 g/mol. The molecule has 0 saturated carbocycles. The summed E-state index contributed by atoms with van der Waals surface area (Å²) in [6.07, 6.45) is 1.53. The van der Waals surface area contributed by atoms with Crippen LogP contribution in [0.5, 0.6) is 0 Å². The van der Waals surface area contributed by atoms with Gasteiger partial charge in [-0.1, -0.05) is 6.07 Å². The highest BCUT2D eigenvalue weighted by atomic mass is 32.2. The van der Waals surface area contributed by atoms with Crippen molar-refractivity contribution < 1.29 is 8.42 Å². The van der Waals surface area contributed by atoms with Crippen molar-refractivity contribution >= 4 is 27.2 Å². The second-order valence-electron chi connectivity index (χ2n) is 3.30. The van der Waals surface area contributed by atoms with E-state index in [1.165, 1.54) is 6.20 Å². The molecule has 0 amide bonds. The summed E-state index contributed by atoms with van der Waals surface area (Å²) in [7, 11) is -3.55. The van der Waals surface area contributed by atoms with Gasteiger partial charge in [0.1, 0.15) is 10.0 Å². The van der Waals surface area contributed by atoms with Crippen LogP contribution in [0.4, 0.5) is 5.82 Å². The molecule has 0 radical (unpaired) electrons. The summed E-state index contributed by atoms with van der Waals surface area (Å²) in [6, 6.07) is 6.59. The maximum Gasteiger partial charge on any atom is 0.272 e. The second kappa shape index (κ2) is 4.82. The lowest BCUT2D eigenvalue weighted by Crippen LogP contribution is -2.12. The summed E-state index contributed by atoms with van der Waals surface area (Å²) in [6.45, 7) is 0.329. The number of hydrogen-bond acceptors (Lipinski definition) is 5. The fraction of sp³-hybridized carbons (Fsp3) is 0.100. The molecule has 2 aromatic rings. The van der Waals surface area contributed by atoms with E-state index in [9.17, 15) is 8.42 Å². The standard InChI is InChI=1S/C10H11N3O2S2/c11-6-8-5-10(16-7-8)17(14,15)13-9-3-1-2-4-12-9/h1-5,7H,6,11H2,(H,12,13). The van der Waals surface area contributed by atoms with Gasteiger partial charge in [-0.15, -0.1) is 11.3 Å². The number of rotatable bonds is 4. The van der Waals surface area contributed by atoms with E-state index in [4.69, 9.17) is 5.73 Å². The molecule has 0 aliphatic heterocycles. The molecule has 7 heteroatoms. The third-order valence-corrected chi connectivity index (χ3v) is 4.88. The predicted molar refractivity (Wildman–Crippen MR) is 67.3 cm³/mol. The Morgan fingerprint density at radius 2 is 2.24 bits per heavy atom. The SMILES string of the molecule is NCc1csc(S(=O)(=O)Nc2ccccn2)c1. The summed E-state index contributed by atoms with van der Waals surface area (Å²) >= 11 is 1.14. The quantitative estimate of drug-likeness (QED) is 0.878. The van der Waals surface area contributed by atoms with Gasteiger partial charge in [0.15, 0.2) is 0 Å². The third kappa shape index (κ3) is 2.82. The molecule has 90 valence electrons. The Hall–Kier alpha value is -1.44. The van der Waals surface area contributed by atoms with Crippen molar-refractivity contribution in [1.82, 2.24) is 4.98 Å². The lowest BCUT2D eigenvalue weighted by Gasteiger charge is -2.04. The largest absolute Gasteiger partial charge is 0.326 e. The summed E-state index contributed by atoms with van der Waals surface area (Å²) in [4.78, 5) is 3.91. The van der Waals surface area contributed by atoms with Crippen LogP contribution in [0.15, 0.2) is 40.1 Å². The van der Waals surface area contributed by atoms with Crippen LogP contribution in [0.25, 0.3) is 0 Å². The normalized spacial score (nSPS) is 11.4. The van der Waals surface area contributed by atoms with E-state index in [-0.39, 0.29) is 4.21 Å². The van der Waals surface area contributed by atoms with Gasteiger partial charge < -0.3 is 5.73 Å². The van der Waals surface area contributed by atoms with E-state index in [1.807, 2.05) is 0 Å². The molecule has 0 aromatic carbocycles. The molecule has 0 bridgehead atoms. The van der Waals surface area contributed by atoms with E-state index < -0.39 is 10.0 Å². The molecule has 0 spiro atoms. The van der Waals surface area contributed by atoms with Crippen LogP contribution >= 0.6 is 11.3 Å². The third-order valence-electron chi connectivity index (χ3n) is 2.03. The first kappa shape index (κ1) is 12.0. The van der Waals surface area contributed by atoms with E-state index >= 15 is 0 Å². The van der Waals surface area contributed by atoms with Gasteiger partial charge in [-0.05, 0) is 29.1 Å². The van der Waals surface area contributed by atoms with Crippen LogP contribution in [0.1, 0.15) is 5.56 Å². The van der Waals surface area contributed by atoms with Crippen molar-refractivity contribution in [1.29, 1.82) is 0 Å². The van der Waals surface area contributed by atoms with Gasteiger partial charge in [-0.25, -0.2) is 13.4 Å². The number of hydrogen-bond donors (Lipinski definition) is 2. The van der Waals surface area contributed by atoms with Crippen molar-refractivity contribution in [3.8, 4) is 0 Å². The highest BCUT2D eigenvalue weighted by Crippen LogP contribution is 2.21. The summed E-state index contributed by atoms with van der Waals surface area (Å²) in [5.41, 5.74) is 6.24. The lowest BCUT2D eigenvalue weighted by atomic mass is 10.4. The van der Waals surface area contributed by atoms with Crippen molar-refractivity contribution in [2.24, 2.45) is 5.73 Å². The number of nitrogens with two attached hydrogens (primary N) is 1. The molecule has 0 aliphatic carbocycles. The fourth-order valence-electron chi connectivity index (χ4n) is 1.21. The zero-order valence-corrected chi connectivity index (χ0v) is 10.5. The van der Waals surface area contributed by atoms with E-state index in [0.717, 1.165) is 16.9 Å². The molecule has 0 aliphatic rings. The average Bonchev–Trinajstić information content (AvgIpc) is 2.79. The van der Waals surface area contributed by atoms with Gasteiger partial charge in [0.05, 0.1) is 0 Å². The first-order chi connectivity index (χ1) is 8.12. The lowest BCUT2D eigenvalue weighted by molar-refractivity contribution is 0.603. The predicted octanol–water partition coefficient (Wildman–Crippen LogP) is 1.40. The van der Waals surface area contributed by atoms with Gasteiger partial charge in [-0.2, -0.15) is 0 Å². The Morgan fingerprint density at radius 1 is 1.41 bits per heavy atom. The Labute approximate surface area is 103 Å². The zero-order valence-electron chi connectivity index (χ0n) is 8.83. The van der Waals surface area contributed by atoms with Crippen LogP contribution < -0.4 is 10.5 Å². The first-order valence-corrected chi connectivity index (χ1v) is 7.19. The molecule has 0 saturated heterocycles. The first-order valence-electron chi connectivity index (χ1n) is 4.83. The number of nitrogens with zero attached hydrogens (tertiary/aromatic N) is 1. The molecule has 0 unspecified atom stereocenters. The minimum absolute atomic E-state index is 0.239. The Kier molecular flexibility index (Phi) is 3.41. The van der Waals surface area contributed by atoms with Crippen molar-refractivity contribution in [2.75, 3.05) is 4.72 Å². The molecular formula is C10H11N3O2S2. The van der Waals surface area contributed by atoms with Crippen LogP contribution in [0.3, 0.4) is 0 Å². The maximum atomic E-state index is 11.9. The van der Waals surface area contributed by atoms with Crippen molar-refractivity contribution in [3.05, 3.63) is 41.4 Å². The van der Waals surface area contributed by atoms with Gasteiger partial charge in [-0.3, -0.25) is 4.72 Å². The van der Waals surface area contributed by atoms with Gasteiger partial charge in [0, 0.05) is 12.7 Å². The number of pyridine rings is 1. The molecule has 0 fully saturated rings. The van der Waals surface area contributed by atoms with Crippen LogP contribution in [0, 0.1) is 0 Å². The minimum Gasteiger partial charge on any atom is -0.326 e. The molecule has 2 rings (SSSR count). The Balaban J connectivity index is 2.25. The van der Waals surface area contributed by atoms with Crippen molar-refractivity contribution in [2.45, 2.75) is 10.8 Å². The minimum atomic E-state index is -3.55. The van der Waals surface area contributed by atoms with Gasteiger partial charge in [0.25, 0.3) is 10.0 Å². The van der Waals surface area contributed by atoms with Crippen LogP contribution in [-0.4, -0.2) is 13.4 Å². The molecule has 2 heterocycles. The van der Waals surface area contributed by atoms with E-state index in [1.54, 1.807) is 29.6 Å². The molecule has 3 N–H and O–H groups in total. The smallest absolute Gasteiger partial charge is 0.272 e. The Bertz CT molecular complexity index is 593. The fourth-order valence-corrected chi connectivity index (χ4v) is 3.44. The Morgan fingerprint density at radius 3 is 2.82 bits per heavy atom. The topological polar surface area (TPSA) is 85.1 Å². The highest BCUT2D eigenvalue weighted by Gasteiger charge is 2.16. The molecule has 17 heavy (non-hydrogen) atoms. The average molecular weight is 269 g/mol. The number of sulfonamides is 1. The number of nitrogens with one attached hydrogen (secondary N) is 1.